The van der Waals surface area contributed by atoms with Crippen LogP contribution in [0, 0.1) is 5.41 Å². The lowest BCUT2D eigenvalue weighted by atomic mass is 9.85. The molecule has 1 N–H and O–H groups in total. The standard InChI is InChI=1S/C22H20F3N5O2/c23-22(24,25)19-27-16-5-4-14(11-17(16)28-19)18(31)30-10-7-21(13-30)6-9-29(20(21)32)12-15-3-1-2-8-26-15/h1-5,8,11H,6-7,9-10,12-13H2,(H,27,28). The molecule has 2 amide bonds. The van der Waals surface area contributed by atoms with Gasteiger partial charge in [-0.3, -0.25) is 14.6 Å². The van der Waals surface area contributed by atoms with Gasteiger partial charge < -0.3 is 14.8 Å². The molecule has 0 bridgehead atoms. The highest BCUT2D eigenvalue weighted by Crippen LogP contribution is 2.41. The van der Waals surface area contributed by atoms with E-state index in [2.05, 4.69) is 15.0 Å². The van der Waals surface area contributed by atoms with Gasteiger partial charge in [0.25, 0.3) is 5.91 Å². The Morgan fingerprint density at radius 2 is 1.97 bits per heavy atom. The van der Waals surface area contributed by atoms with Gasteiger partial charge in [0.05, 0.1) is 28.7 Å². The highest BCUT2D eigenvalue weighted by Gasteiger charge is 2.51. The molecule has 1 unspecified atom stereocenters. The summed E-state index contributed by atoms with van der Waals surface area (Å²) in [4.78, 5) is 39.6. The molecule has 2 aromatic heterocycles. The number of H-pyrrole nitrogens is 1. The van der Waals surface area contributed by atoms with Gasteiger partial charge in [-0.25, -0.2) is 4.98 Å². The topological polar surface area (TPSA) is 82.2 Å². The summed E-state index contributed by atoms with van der Waals surface area (Å²) in [5, 5.41) is 0. The van der Waals surface area contributed by atoms with Crippen molar-refractivity contribution < 1.29 is 22.8 Å². The Morgan fingerprint density at radius 3 is 2.72 bits per heavy atom. The second-order valence-corrected chi connectivity index (χ2v) is 8.37. The number of rotatable bonds is 3. The number of aromatic nitrogens is 3. The maximum absolute atomic E-state index is 13.2. The molecule has 7 nitrogen and oxygen atoms in total. The molecule has 1 spiro atoms. The number of halogens is 3. The van der Waals surface area contributed by atoms with Crippen molar-refractivity contribution in [2.24, 2.45) is 5.41 Å². The van der Waals surface area contributed by atoms with Crippen LogP contribution in [0.4, 0.5) is 13.2 Å². The van der Waals surface area contributed by atoms with Gasteiger partial charge in [-0.15, -0.1) is 0 Å². The Morgan fingerprint density at radius 1 is 1.16 bits per heavy atom. The molecule has 4 heterocycles. The molecule has 0 radical (unpaired) electrons. The van der Waals surface area contributed by atoms with Gasteiger partial charge in [-0.1, -0.05) is 6.07 Å². The smallest absolute Gasteiger partial charge is 0.338 e. The van der Waals surface area contributed by atoms with E-state index in [0.717, 1.165) is 5.69 Å². The number of fused-ring (bicyclic) bond motifs is 1. The zero-order valence-electron chi connectivity index (χ0n) is 17.0. The van der Waals surface area contributed by atoms with E-state index >= 15 is 0 Å². The van der Waals surface area contributed by atoms with E-state index in [4.69, 9.17) is 0 Å². The molecule has 2 fully saturated rings. The van der Waals surface area contributed by atoms with E-state index in [1.807, 2.05) is 18.2 Å². The van der Waals surface area contributed by atoms with Crippen molar-refractivity contribution in [3.05, 3.63) is 59.7 Å². The Hall–Kier alpha value is -3.43. The number of hydrogen-bond acceptors (Lipinski definition) is 4. The van der Waals surface area contributed by atoms with Crippen molar-refractivity contribution in [1.82, 2.24) is 24.8 Å². The Bertz CT molecular complexity index is 1190. The third kappa shape index (κ3) is 3.49. The number of nitrogens with one attached hydrogen (secondary N) is 1. The Labute approximate surface area is 181 Å². The highest BCUT2D eigenvalue weighted by molar-refractivity contribution is 5.98. The number of carbonyl (C=O) groups is 2. The summed E-state index contributed by atoms with van der Waals surface area (Å²) in [6.45, 7) is 1.78. The summed E-state index contributed by atoms with van der Waals surface area (Å²) in [5.74, 6) is -1.37. The van der Waals surface area contributed by atoms with Crippen molar-refractivity contribution in [1.29, 1.82) is 0 Å². The Kier molecular flexibility index (Phi) is 4.68. The number of aromatic amines is 1. The van der Waals surface area contributed by atoms with Gasteiger partial charge in [0.2, 0.25) is 11.7 Å². The maximum atomic E-state index is 13.2. The van der Waals surface area contributed by atoms with Crippen LogP contribution >= 0.6 is 0 Å². The van der Waals surface area contributed by atoms with Crippen LogP contribution in [0.3, 0.4) is 0 Å². The first-order chi connectivity index (χ1) is 15.2. The van der Waals surface area contributed by atoms with Crippen LogP contribution in [0.25, 0.3) is 11.0 Å². The SMILES string of the molecule is O=C(c1ccc2nc(C(F)(F)F)[nH]c2c1)N1CCC2(CCN(Cc3ccccn3)C2=O)C1. The summed E-state index contributed by atoms with van der Waals surface area (Å²) in [6.07, 6.45) is -1.66. The van der Waals surface area contributed by atoms with Crippen molar-refractivity contribution in [2.45, 2.75) is 25.6 Å². The number of amides is 2. The number of imidazole rings is 1. The third-order valence-electron chi connectivity index (χ3n) is 6.32. The molecule has 10 heteroatoms. The van der Waals surface area contributed by atoms with Gasteiger partial charge in [0.15, 0.2) is 0 Å². The zero-order chi connectivity index (χ0) is 22.5. The minimum atomic E-state index is -4.59. The largest absolute Gasteiger partial charge is 0.449 e. The number of hydrogen-bond donors (Lipinski definition) is 1. The number of nitrogens with zero attached hydrogens (tertiary/aromatic N) is 4. The predicted octanol–water partition coefficient (Wildman–Crippen LogP) is 3.24. The van der Waals surface area contributed by atoms with Crippen molar-refractivity contribution in [3.8, 4) is 0 Å². The molecule has 2 aliphatic heterocycles. The molecule has 0 saturated carbocycles. The van der Waals surface area contributed by atoms with Crippen LogP contribution in [0.2, 0.25) is 0 Å². The second-order valence-electron chi connectivity index (χ2n) is 8.37. The van der Waals surface area contributed by atoms with Gasteiger partial charge >= 0.3 is 6.18 Å². The molecule has 1 atom stereocenters. The van der Waals surface area contributed by atoms with E-state index in [0.29, 0.717) is 39.0 Å². The number of benzene rings is 1. The average molecular weight is 443 g/mol. The fourth-order valence-electron chi connectivity index (χ4n) is 4.61. The lowest BCUT2D eigenvalue weighted by Gasteiger charge is -2.23. The molecule has 3 aromatic rings. The van der Waals surface area contributed by atoms with Crippen LogP contribution in [-0.4, -0.2) is 56.2 Å². The summed E-state index contributed by atoms with van der Waals surface area (Å²) < 4.78 is 38.7. The van der Waals surface area contributed by atoms with Crippen LogP contribution in [0.1, 0.15) is 34.7 Å². The third-order valence-corrected chi connectivity index (χ3v) is 6.32. The van der Waals surface area contributed by atoms with E-state index in [1.165, 1.54) is 18.2 Å². The predicted molar refractivity (Wildman–Crippen MR) is 108 cm³/mol. The van der Waals surface area contributed by atoms with Crippen molar-refractivity contribution >= 4 is 22.8 Å². The quantitative estimate of drug-likeness (QED) is 0.674. The van der Waals surface area contributed by atoms with Crippen molar-refractivity contribution in [3.63, 3.8) is 0 Å². The van der Waals surface area contributed by atoms with Crippen LogP contribution < -0.4 is 0 Å². The molecular formula is C22H20F3N5O2. The lowest BCUT2D eigenvalue weighted by Crippen LogP contribution is -2.38. The molecule has 2 saturated heterocycles. The average Bonchev–Trinajstić information content (AvgIpc) is 3.47. The molecule has 1 aromatic carbocycles. The first-order valence-electron chi connectivity index (χ1n) is 10.3. The van der Waals surface area contributed by atoms with Crippen molar-refractivity contribution in [2.75, 3.05) is 19.6 Å². The number of alkyl halides is 3. The van der Waals surface area contributed by atoms with E-state index < -0.39 is 17.4 Å². The fourth-order valence-corrected chi connectivity index (χ4v) is 4.61. The summed E-state index contributed by atoms with van der Waals surface area (Å²) in [7, 11) is 0. The monoisotopic (exact) mass is 443 g/mol. The Balaban J connectivity index is 1.31. The van der Waals surface area contributed by atoms with E-state index in [1.54, 1.807) is 16.0 Å². The summed E-state index contributed by atoms with van der Waals surface area (Å²) in [6, 6.07) is 9.83. The molecule has 5 rings (SSSR count). The first kappa shape index (κ1) is 20.5. The zero-order valence-corrected chi connectivity index (χ0v) is 17.0. The molecular weight excluding hydrogens is 423 g/mol. The molecule has 166 valence electrons. The van der Waals surface area contributed by atoms with Gasteiger partial charge in [0, 0.05) is 31.4 Å². The lowest BCUT2D eigenvalue weighted by molar-refractivity contribution is -0.144. The number of likely N-dealkylation sites (tertiary alicyclic amines) is 2. The summed E-state index contributed by atoms with van der Waals surface area (Å²) >= 11 is 0. The first-order valence-corrected chi connectivity index (χ1v) is 10.3. The van der Waals surface area contributed by atoms with Gasteiger partial charge in [-0.2, -0.15) is 13.2 Å². The van der Waals surface area contributed by atoms with Gasteiger partial charge in [0.1, 0.15) is 0 Å². The van der Waals surface area contributed by atoms with Crippen LogP contribution in [0.15, 0.2) is 42.6 Å². The minimum absolute atomic E-state index is 0.0253. The van der Waals surface area contributed by atoms with E-state index in [-0.39, 0.29) is 28.4 Å². The molecule has 2 aliphatic rings. The van der Waals surface area contributed by atoms with Crippen LogP contribution in [0.5, 0.6) is 0 Å². The van der Waals surface area contributed by atoms with Gasteiger partial charge in [-0.05, 0) is 43.2 Å². The number of carbonyl (C=O) groups excluding carboxylic acids is 2. The van der Waals surface area contributed by atoms with Crippen LogP contribution in [-0.2, 0) is 17.5 Å². The highest BCUT2D eigenvalue weighted by atomic mass is 19.4. The summed E-state index contributed by atoms with van der Waals surface area (Å²) in [5.41, 5.74) is 0.766. The maximum Gasteiger partial charge on any atom is 0.449 e. The fraction of sp³-hybridized carbons (Fsp3) is 0.364. The number of pyridine rings is 1. The molecule has 0 aliphatic carbocycles. The second kappa shape index (κ2) is 7.32. The van der Waals surface area contributed by atoms with E-state index in [9.17, 15) is 22.8 Å². The molecule has 32 heavy (non-hydrogen) atoms. The normalized spacial score (nSPS) is 21.3. The minimum Gasteiger partial charge on any atom is -0.338 e.